The molecule has 0 aromatic heterocycles. The highest BCUT2D eigenvalue weighted by molar-refractivity contribution is 9.10. The van der Waals surface area contributed by atoms with E-state index in [0.717, 1.165) is 16.6 Å². The molecule has 5 heteroatoms. The number of carboxylic acids is 1. The highest BCUT2D eigenvalue weighted by atomic mass is 79.9. The monoisotopic (exact) mass is 298 g/mol. The first-order chi connectivity index (χ1) is 7.99. The third-order valence-electron chi connectivity index (χ3n) is 3.27. The largest absolute Gasteiger partial charge is 0.481 e. The van der Waals surface area contributed by atoms with Crippen LogP contribution < -0.4 is 5.73 Å². The summed E-state index contributed by atoms with van der Waals surface area (Å²) in [5, 5.41) is 9.22. The number of nitrogens with zero attached hydrogens (tertiary/aromatic N) is 1. The quantitative estimate of drug-likeness (QED) is 0.817. The van der Waals surface area contributed by atoms with E-state index >= 15 is 0 Å². The summed E-state index contributed by atoms with van der Waals surface area (Å²) < 4.78 is 0.847. The summed E-state index contributed by atoms with van der Waals surface area (Å²) in [4.78, 5) is 13.3. The van der Waals surface area contributed by atoms with Crippen molar-refractivity contribution in [3.05, 3.63) is 28.2 Å². The number of likely N-dealkylation sites (tertiary alicyclic amines) is 1. The molecule has 2 unspecified atom stereocenters. The maximum Gasteiger partial charge on any atom is 0.308 e. The molecule has 3 N–H and O–H groups in total. The maximum absolute atomic E-state index is 11.2. The molecule has 0 amide bonds. The van der Waals surface area contributed by atoms with Gasteiger partial charge < -0.3 is 15.7 Å². The third-order valence-corrected chi connectivity index (χ3v) is 3.99. The molecule has 1 aromatic carbocycles. The van der Waals surface area contributed by atoms with E-state index in [9.17, 15) is 9.90 Å². The zero-order valence-corrected chi connectivity index (χ0v) is 11.1. The molecular weight excluding hydrogens is 284 g/mol. The Labute approximate surface area is 109 Å². The van der Waals surface area contributed by atoms with Crippen LogP contribution in [0.5, 0.6) is 0 Å². The lowest BCUT2D eigenvalue weighted by Gasteiger charge is -2.16. The smallest absolute Gasteiger partial charge is 0.308 e. The summed E-state index contributed by atoms with van der Waals surface area (Å²) in [5.41, 5.74) is 7.49. The predicted octanol–water partition coefficient (Wildman–Crippen LogP) is 1.76. The van der Waals surface area contributed by atoms with E-state index in [1.807, 2.05) is 30.1 Å². The highest BCUT2D eigenvalue weighted by Crippen LogP contribution is 2.34. The standard InChI is InChI=1S/C12H15BrN2O2/c1-15-5-8(9(6-15)12(16)17)7-2-3-10(13)11(14)4-7/h2-4,8-9H,5-6,14H2,1H3,(H,16,17). The van der Waals surface area contributed by atoms with Crippen LogP contribution >= 0.6 is 15.9 Å². The summed E-state index contributed by atoms with van der Waals surface area (Å²) in [5.74, 6) is -1.06. The summed E-state index contributed by atoms with van der Waals surface area (Å²) in [7, 11) is 1.94. The van der Waals surface area contributed by atoms with Gasteiger partial charge in [0, 0.05) is 29.2 Å². The summed E-state index contributed by atoms with van der Waals surface area (Å²) in [6.45, 7) is 1.36. The number of rotatable bonds is 2. The first-order valence-corrected chi connectivity index (χ1v) is 6.24. The zero-order valence-electron chi connectivity index (χ0n) is 9.56. The molecular formula is C12H15BrN2O2. The first-order valence-electron chi connectivity index (χ1n) is 5.45. The van der Waals surface area contributed by atoms with Crippen molar-refractivity contribution in [2.75, 3.05) is 25.9 Å². The van der Waals surface area contributed by atoms with Gasteiger partial charge in [-0.3, -0.25) is 4.79 Å². The fourth-order valence-corrected chi connectivity index (χ4v) is 2.63. The minimum absolute atomic E-state index is 0.0212. The summed E-state index contributed by atoms with van der Waals surface area (Å²) in [6, 6.07) is 5.69. The number of carboxylic acid groups (broad SMARTS) is 1. The maximum atomic E-state index is 11.2. The van der Waals surface area contributed by atoms with Gasteiger partial charge in [-0.2, -0.15) is 0 Å². The predicted molar refractivity (Wildman–Crippen MR) is 69.9 cm³/mol. The Morgan fingerprint density at radius 1 is 1.53 bits per heavy atom. The lowest BCUT2D eigenvalue weighted by molar-refractivity contribution is -0.141. The van der Waals surface area contributed by atoms with Crippen LogP contribution in [0.15, 0.2) is 22.7 Å². The van der Waals surface area contributed by atoms with Gasteiger partial charge in [-0.25, -0.2) is 0 Å². The van der Waals surface area contributed by atoms with E-state index in [1.165, 1.54) is 0 Å². The Bertz CT molecular complexity index is 450. The van der Waals surface area contributed by atoms with Crippen LogP contribution in [0.3, 0.4) is 0 Å². The molecule has 0 radical (unpaired) electrons. The number of benzene rings is 1. The van der Waals surface area contributed by atoms with Gasteiger partial charge in [0.25, 0.3) is 0 Å². The van der Waals surface area contributed by atoms with Crippen molar-refractivity contribution in [2.45, 2.75) is 5.92 Å². The highest BCUT2D eigenvalue weighted by Gasteiger charge is 2.36. The lowest BCUT2D eigenvalue weighted by atomic mass is 9.89. The molecule has 1 aliphatic heterocycles. The molecule has 92 valence electrons. The van der Waals surface area contributed by atoms with Crippen molar-refractivity contribution < 1.29 is 9.90 Å². The number of halogens is 1. The van der Waals surface area contributed by atoms with E-state index in [2.05, 4.69) is 15.9 Å². The van der Waals surface area contributed by atoms with Crippen LogP contribution in [0.4, 0.5) is 5.69 Å². The van der Waals surface area contributed by atoms with Crippen LogP contribution in [0, 0.1) is 5.92 Å². The summed E-state index contributed by atoms with van der Waals surface area (Å²) in [6.07, 6.45) is 0. The molecule has 1 aliphatic rings. The van der Waals surface area contributed by atoms with Crippen LogP contribution in [-0.4, -0.2) is 36.1 Å². The Kier molecular flexibility index (Phi) is 3.40. The fraction of sp³-hybridized carbons (Fsp3) is 0.417. The number of anilines is 1. The van der Waals surface area contributed by atoms with Crippen molar-refractivity contribution >= 4 is 27.6 Å². The number of aliphatic carboxylic acids is 1. The van der Waals surface area contributed by atoms with Crippen LogP contribution in [0.1, 0.15) is 11.5 Å². The van der Waals surface area contributed by atoms with Gasteiger partial charge >= 0.3 is 5.97 Å². The van der Waals surface area contributed by atoms with Gasteiger partial charge in [-0.15, -0.1) is 0 Å². The molecule has 4 nitrogen and oxygen atoms in total. The molecule has 1 aromatic rings. The van der Waals surface area contributed by atoms with E-state index in [4.69, 9.17) is 5.73 Å². The molecule has 0 spiro atoms. The van der Waals surface area contributed by atoms with Gasteiger partial charge in [0.05, 0.1) is 5.92 Å². The number of nitrogen functional groups attached to an aromatic ring is 1. The normalized spacial score (nSPS) is 25.1. The van der Waals surface area contributed by atoms with Gasteiger partial charge in [0.1, 0.15) is 0 Å². The molecule has 1 heterocycles. The van der Waals surface area contributed by atoms with E-state index in [-0.39, 0.29) is 11.8 Å². The number of hydrogen-bond acceptors (Lipinski definition) is 3. The SMILES string of the molecule is CN1CC(C(=O)O)C(c2ccc(Br)c(N)c2)C1. The lowest BCUT2D eigenvalue weighted by Crippen LogP contribution is -2.21. The van der Waals surface area contributed by atoms with E-state index in [0.29, 0.717) is 12.2 Å². The van der Waals surface area contributed by atoms with Crippen molar-refractivity contribution in [1.29, 1.82) is 0 Å². The average Bonchev–Trinajstić information content (AvgIpc) is 2.64. The number of nitrogens with two attached hydrogens (primary N) is 1. The minimum atomic E-state index is -0.735. The van der Waals surface area contributed by atoms with Crippen LogP contribution in [0.2, 0.25) is 0 Å². The third kappa shape index (κ3) is 2.45. The molecule has 0 bridgehead atoms. The van der Waals surface area contributed by atoms with Gasteiger partial charge in [0.15, 0.2) is 0 Å². The first kappa shape index (κ1) is 12.4. The van der Waals surface area contributed by atoms with Crippen molar-refractivity contribution in [2.24, 2.45) is 5.92 Å². The topological polar surface area (TPSA) is 66.6 Å². The number of hydrogen-bond donors (Lipinski definition) is 2. The Morgan fingerprint density at radius 2 is 2.24 bits per heavy atom. The molecule has 2 atom stereocenters. The van der Waals surface area contributed by atoms with E-state index < -0.39 is 5.97 Å². The van der Waals surface area contributed by atoms with Crippen molar-refractivity contribution in [3.63, 3.8) is 0 Å². The molecule has 2 rings (SSSR count). The zero-order chi connectivity index (χ0) is 12.6. The second-order valence-corrected chi connectivity index (χ2v) is 5.41. The van der Waals surface area contributed by atoms with Crippen molar-refractivity contribution in [1.82, 2.24) is 4.90 Å². The minimum Gasteiger partial charge on any atom is -0.481 e. The Balaban J connectivity index is 2.31. The van der Waals surface area contributed by atoms with Crippen LogP contribution in [-0.2, 0) is 4.79 Å². The van der Waals surface area contributed by atoms with E-state index in [1.54, 1.807) is 0 Å². The molecule has 0 aliphatic carbocycles. The molecule has 1 saturated heterocycles. The number of carbonyl (C=O) groups is 1. The van der Waals surface area contributed by atoms with Crippen molar-refractivity contribution in [3.8, 4) is 0 Å². The van der Waals surface area contributed by atoms with Gasteiger partial charge in [0.2, 0.25) is 0 Å². The van der Waals surface area contributed by atoms with Gasteiger partial charge in [-0.05, 0) is 40.7 Å². The van der Waals surface area contributed by atoms with Crippen LogP contribution in [0.25, 0.3) is 0 Å². The second-order valence-electron chi connectivity index (χ2n) is 4.55. The van der Waals surface area contributed by atoms with Gasteiger partial charge in [-0.1, -0.05) is 6.07 Å². The molecule has 17 heavy (non-hydrogen) atoms. The fourth-order valence-electron chi connectivity index (χ4n) is 2.38. The number of likely N-dealkylation sites (N-methyl/N-ethyl adjacent to an activating group) is 1. The average molecular weight is 299 g/mol. The molecule has 1 fully saturated rings. The summed E-state index contributed by atoms with van der Waals surface area (Å²) >= 11 is 3.34. The second kappa shape index (κ2) is 4.66. The Morgan fingerprint density at radius 3 is 2.82 bits per heavy atom. The molecule has 0 saturated carbocycles. The Hall–Kier alpha value is -1.07.